The van der Waals surface area contributed by atoms with E-state index in [1.54, 1.807) is 19.9 Å². The summed E-state index contributed by atoms with van der Waals surface area (Å²) >= 11 is 0. The van der Waals surface area contributed by atoms with E-state index in [0.29, 0.717) is 19.7 Å². The van der Waals surface area contributed by atoms with Gasteiger partial charge in [0.25, 0.3) is 0 Å². The van der Waals surface area contributed by atoms with Gasteiger partial charge in [0.15, 0.2) is 0 Å². The number of likely N-dealkylation sites (tertiary alicyclic amines) is 1. The van der Waals surface area contributed by atoms with Crippen LogP contribution in [0.1, 0.15) is 52.9 Å². The highest BCUT2D eigenvalue weighted by Crippen LogP contribution is 2.49. The van der Waals surface area contributed by atoms with Crippen molar-refractivity contribution < 1.29 is 23.8 Å². The average molecular weight is 459 g/mol. The number of nitrogens with zero attached hydrogens (tertiary/aromatic N) is 2. The first kappa shape index (κ1) is 22.8. The van der Waals surface area contributed by atoms with Crippen molar-refractivity contribution in [2.75, 3.05) is 19.7 Å². The molecular weight excluding hydrogens is 423 g/mol. The fourth-order valence-corrected chi connectivity index (χ4v) is 5.90. The lowest BCUT2D eigenvalue weighted by Gasteiger charge is -2.39. The van der Waals surface area contributed by atoms with Crippen LogP contribution in [0.3, 0.4) is 0 Å². The van der Waals surface area contributed by atoms with Crippen LogP contribution in [-0.4, -0.2) is 63.6 Å². The third kappa shape index (κ3) is 4.31. The maximum Gasteiger partial charge on any atom is 0.242 e. The van der Waals surface area contributed by atoms with Crippen LogP contribution in [0.5, 0.6) is 0 Å². The molecule has 1 aromatic heterocycles. The molecule has 3 aliphatic heterocycles. The number of ether oxygens (including phenoxy) is 2. The quantitative estimate of drug-likeness (QED) is 0.755. The van der Waals surface area contributed by atoms with Gasteiger partial charge < -0.3 is 24.0 Å². The lowest BCUT2D eigenvalue weighted by atomic mass is 9.74. The van der Waals surface area contributed by atoms with Crippen LogP contribution < -0.4 is 0 Å². The Morgan fingerprint density at radius 1 is 1.24 bits per heavy atom. The normalized spacial score (nSPS) is 29.9. The van der Waals surface area contributed by atoms with E-state index >= 15 is 0 Å². The first-order chi connectivity index (χ1) is 15.6. The Morgan fingerprint density at radius 3 is 2.70 bits per heavy atom. The van der Waals surface area contributed by atoms with Gasteiger partial charge in [0.2, 0.25) is 5.91 Å². The number of halogens is 1. The smallest absolute Gasteiger partial charge is 0.242 e. The van der Waals surface area contributed by atoms with Crippen LogP contribution >= 0.6 is 0 Å². The maximum absolute atomic E-state index is 13.7. The van der Waals surface area contributed by atoms with Crippen LogP contribution in [0.2, 0.25) is 0 Å². The molecule has 2 aromatic rings. The third-order valence-corrected chi connectivity index (χ3v) is 8.21. The monoisotopic (exact) mass is 458 g/mol. The Kier molecular flexibility index (Phi) is 5.58. The molecule has 0 unspecified atom stereocenters. The van der Waals surface area contributed by atoms with Gasteiger partial charge in [-0.15, -0.1) is 0 Å². The van der Waals surface area contributed by atoms with Crippen molar-refractivity contribution in [3.8, 4) is 0 Å². The van der Waals surface area contributed by atoms with Crippen LogP contribution in [0.25, 0.3) is 10.9 Å². The number of hydrogen-bond acceptors (Lipinski definition) is 4. The topological polar surface area (TPSA) is 63.9 Å². The van der Waals surface area contributed by atoms with Gasteiger partial charge >= 0.3 is 0 Å². The van der Waals surface area contributed by atoms with Gasteiger partial charge in [-0.05, 0) is 87.9 Å². The number of aromatic nitrogens is 1. The maximum atomic E-state index is 13.7. The molecule has 4 heterocycles. The van der Waals surface area contributed by atoms with Crippen molar-refractivity contribution >= 4 is 16.8 Å². The number of carbonyl (C=O) groups is 1. The number of benzene rings is 1. The molecule has 0 radical (unpaired) electrons. The summed E-state index contributed by atoms with van der Waals surface area (Å²) in [6.07, 6.45) is 6.21. The lowest BCUT2D eigenvalue weighted by molar-refractivity contribution is -0.155. The summed E-state index contributed by atoms with van der Waals surface area (Å²) < 4.78 is 28.1. The standard InChI is InChI=1S/C26H35FN2O4/c1-24(2,31)21-6-8-25(3,33-21)22-15-26(17-32-22)9-12-28(13-10-26)23(30)16-29-11-7-18-4-5-19(27)14-20(18)29/h4-5,7,11,14,21-22,31H,6,8-10,12-13,15-17H2,1-3H3/t21-,22-,25-/m1/s1. The fourth-order valence-electron chi connectivity index (χ4n) is 5.90. The second-order valence-electron chi connectivity index (χ2n) is 11.1. The van der Waals surface area contributed by atoms with Gasteiger partial charge in [-0.2, -0.15) is 0 Å². The Bertz CT molecular complexity index is 1040. The van der Waals surface area contributed by atoms with E-state index in [-0.39, 0.29) is 41.5 Å². The predicted molar refractivity (Wildman–Crippen MR) is 123 cm³/mol. The Hall–Kier alpha value is -1.96. The molecule has 0 bridgehead atoms. The van der Waals surface area contributed by atoms with E-state index in [4.69, 9.17) is 9.47 Å². The summed E-state index contributed by atoms with van der Waals surface area (Å²) in [6, 6.07) is 6.58. The molecule has 1 spiro atoms. The van der Waals surface area contributed by atoms with Crippen molar-refractivity contribution in [2.45, 2.75) is 82.8 Å². The van der Waals surface area contributed by atoms with Crippen LogP contribution in [0, 0.1) is 11.2 Å². The molecule has 0 saturated carbocycles. The molecule has 33 heavy (non-hydrogen) atoms. The first-order valence-corrected chi connectivity index (χ1v) is 12.1. The number of carbonyl (C=O) groups excluding carboxylic acids is 1. The molecule has 1 aromatic carbocycles. The number of amides is 1. The van der Waals surface area contributed by atoms with Gasteiger partial charge in [-0.25, -0.2) is 4.39 Å². The highest BCUT2D eigenvalue weighted by atomic mass is 19.1. The molecule has 7 heteroatoms. The van der Waals surface area contributed by atoms with Crippen molar-refractivity contribution in [3.63, 3.8) is 0 Å². The van der Waals surface area contributed by atoms with Gasteiger partial charge in [0.1, 0.15) is 12.4 Å². The lowest BCUT2D eigenvalue weighted by Crippen LogP contribution is -2.46. The van der Waals surface area contributed by atoms with E-state index < -0.39 is 5.60 Å². The zero-order chi connectivity index (χ0) is 23.4. The number of piperidine rings is 1. The summed E-state index contributed by atoms with van der Waals surface area (Å²) in [5.74, 6) is -0.222. The van der Waals surface area contributed by atoms with Crippen molar-refractivity contribution in [1.29, 1.82) is 0 Å². The Balaban J connectivity index is 1.18. The molecule has 180 valence electrons. The highest BCUT2D eigenvalue weighted by Gasteiger charge is 2.53. The molecule has 1 amide bonds. The minimum atomic E-state index is -0.851. The number of rotatable bonds is 4. The zero-order valence-electron chi connectivity index (χ0n) is 19.8. The van der Waals surface area contributed by atoms with Crippen LogP contribution in [-0.2, 0) is 20.8 Å². The summed E-state index contributed by atoms with van der Waals surface area (Å²) in [5.41, 5.74) is -0.384. The molecule has 1 N–H and O–H groups in total. The second kappa shape index (κ2) is 8.07. The molecule has 3 atom stereocenters. The van der Waals surface area contributed by atoms with Crippen LogP contribution in [0.15, 0.2) is 30.5 Å². The summed E-state index contributed by atoms with van der Waals surface area (Å²) in [5, 5.41) is 11.3. The molecular formula is C26H35FN2O4. The molecule has 5 rings (SSSR count). The van der Waals surface area contributed by atoms with E-state index in [9.17, 15) is 14.3 Å². The molecule has 3 fully saturated rings. The highest BCUT2D eigenvalue weighted by molar-refractivity contribution is 5.83. The van der Waals surface area contributed by atoms with Gasteiger partial charge in [-0.3, -0.25) is 4.79 Å². The largest absolute Gasteiger partial charge is 0.388 e. The minimum absolute atomic E-state index is 0.0215. The van der Waals surface area contributed by atoms with Crippen molar-refractivity contribution in [2.24, 2.45) is 5.41 Å². The molecule has 0 aliphatic carbocycles. The SMILES string of the molecule is CC(C)(O)[C@H]1CC[C@](C)([C@H]2CC3(CCN(C(=O)Cn4ccc5ccc(F)cc54)CC3)CO2)O1. The zero-order valence-corrected chi connectivity index (χ0v) is 19.8. The van der Waals surface area contributed by atoms with Crippen LogP contribution in [0.4, 0.5) is 4.39 Å². The first-order valence-electron chi connectivity index (χ1n) is 12.1. The van der Waals surface area contributed by atoms with E-state index in [1.807, 2.05) is 21.7 Å². The van der Waals surface area contributed by atoms with E-state index in [0.717, 1.165) is 43.0 Å². The van der Waals surface area contributed by atoms with Gasteiger partial charge in [0.05, 0.1) is 35.5 Å². The predicted octanol–water partition coefficient (Wildman–Crippen LogP) is 3.89. The van der Waals surface area contributed by atoms with E-state index in [1.165, 1.54) is 12.1 Å². The Labute approximate surface area is 194 Å². The van der Waals surface area contributed by atoms with Crippen molar-refractivity contribution in [1.82, 2.24) is 9.47 Å². The third-order valence-electron chi connectivity index (χ3n) is 8.21. The molecule has 6 nitrogen and oxygen atoms in total. The van der Waals surface area contributed by atoms with Gasteiger partial charge in [-0.1, -0.05) is 0 Å². The van der Waals surface area contributed by atoms with Gasteiger partial charge in [0, 0.05) is 19.3 Å². The number of hydrogen-bond donors (Lipinski definition) is 1. The summed E-state index contributed by atoms with van der Waals surface area (Å²) in [7, 11) is 0. The summed E-state index contributed by atoms with van der Waals surface area (Å²) in [4.78, 5) is 14.9. The summed E-state index contributed by atoms with van der Waals surface area (Å²) in [6.45, 7) is 8.08. The minimum Gasteiger partial charge on any atom is -0.388 e. The average Bonchev–Trinajstić information content (AvgIpc) is 3.47. The molecule has 3 aliphatic rings. The van der Waals surface area contributed by atoms with E-state index in [2.05, 4.69) is 6.92 Å². The fraction of sp³-hybridized carbons (Fsp3) is 0.654. The Morgan fingerprint density at radius 2 is 2.00 bits per heavy atom. The molecule has 3 saturated heterocycles. The second-order valence-corrected chi connectivity index (χ2v) is 11.1. The number of fused-ring (bicyclic) bond motifs is 1. The number of aliphatic hydroxyl groups is 1. The van der Waals surface area contributed by atoms with Crippen molar-refractivity contribution in [3.05, 3.63) is 36.3 Å².